The van der Waals surface area contributed by atoms with E-state index in [0.717, 1.165) is 0 Å². The Morgan fingerprint density at radius 1 is 0.920 bits per heavy atom. The maximum absolute atomic E-state index is 14.2. The summed E-state index contributed by atoms with van der Waals surface area (Å²) in [7, 11) is 5.39. The minimum Gasteiger partial charge on any atom is -0.459 e. The highest BCUT2D eigenvalue weighted by atomic mass is 16.8. The Hall–Kier alpha value is -0.970. The second-order valence-electron chi connectivity index (χ2n) is 16.9. The zero-order valence-corrected chi connectivity index (χ0v) is 32.5. The molecule has 0 amide bonds. The largest absolute Gasteiger partial charge is 0.459 e. The van der Waals surface area contributed by atoms with Crippen molar-refractivity contribution in [2.45, 2.75) is 185 Å². The third kappa shape index (κ3) is 6.69. The van der Waals surface area contributed by atoms with Gasteiger partial charge in [-0.1, -0.05) is 27.7 Å². The third-order valence-electron chi connectivity index (χ3n) is 12.9. The Morgan fingerprint density at radius 3 is 2.18 bits per heavy atom. The molecule has 5 aliphatic rings. The van der Waals surface area contributed by atoms with E-state index in [1.54, 1.807) is 27.9 Å². The number of likely N-dealkylation sites (N-methyl/N-ethyl adjacent to an activating group) is 1. The lowest BCUT2D eigenvalue weighted by Crippen LogP contribution is -2.61. The quantitative estimate of drug-likeness (QED) is 0.331. The van der Waals surface area contributed by atoms with Gasteiger partial charge in [0.15, 0.2) is 18.4 Å². The maximum Gasteiger partial charge on any atom is 0.311 e. The summed E-state index contributed by atoms with van der Waals surface area (Å²) >= 11 is 0. The lowest BCUT2D eigenvalue weighted by atomic mass is 9.77. The van der Waals surface area contributed by atoms with Crippen molar-refractivity contribution in [3.8, 4) is 0 Å². The first-order valence-corrected chi connectivity index (χ1v) is 18.7. The summed E-state index contributed by atoms with van der Waals surface area (Å²) in [5, 5.41) is 34.4. The van der Waals surface area contributed by atoms with Gasteiger partial charge in [-0.3, -0.25) is 4.79 Å². The fourth-order valence-electron chi connectivity index (χ4n) is 9.81. The average molecular weight is 716 g/mol. The molecular formula is C37H65NO12. The Kier molecular flexibility index (Phi) is 11.5. The SMILES string of the molecule is CC[C@H]1OC(=O)[C@H](C)[C@@H](O[C@H]2C[C@@](C)(OC)[C@@H](O)[C@@H](C)O2)[C@H](C)[C@@H](O[C@@H]2O[C@H](C)C[C@H](N(C)C)[C@H]2O)[C@@]2(C)C[C@@H](C)[C@@]3(O[C@@]1(C)[C@H](O)[C@@H]3C)O2. The average Bonchev–Trinajstić information content (AvgIpc) is 3.42. The van der Waals surface area contributed by atoms with Gasteiger partial charge in [0.25, 0.3) is 0 Å². The van der Waals surface area contributed by atoms with E-state index >= 15 is 0 Å². The summed E-state index contributed by atoms with van der Waals surface area (Å²) < 4.78 is 52.3. The fraction of sp³-hybridized carbons (Fsp3) is 0.973. The van der Waals surface area contributed by atoms with Gasteiger partial charge >= 0.3 is 5.97 Å². The van der Waals surface area contributed by atoms with Gasteiger partial charge in [0.1, 0.15) is 23.9 Å². The lowest BCUT2D eigenvalue weighted by molar-refractivity contribution is -0.344. The van der Waals surface area contributed by atoms with Crippen LogP contribution in [0.5, 0.6) is 0 Å². The molecule has 5 saturated heterocycles. The van der Waals surface area contributed by atoms with E-state index in [9.17, 15) is 20.1 Å². The van der Waals surface area contributed by atoms with Crippen molar-refractivity contribution in [2.24, 2.45) is 23.7 Å². The second kappa shape index (κ2) is 14.4. The first-order valence-electron chi connectivity index (χ1n) is 18.7. The number of carbonyl (C=O) groups excluding carboxylic acids is 1. The van der Waals surface area contributed by atoms with Crippen LogP contribution in [0, 0.1) is 23.7 Å². The number of hydrogen-bond donors (Lipinski definition) is 3. The standard InChI is InChI=1S/C37H65NO12/c1-14-25-36(10)29(40)22(6)37(50-36)18(2)16-35(9,49-37)31(48-33-27(39)24(38(11)12)15-19(3)44-33)20(4)28(21(5)32(42)46-25)47-26-17-34(8,43-13)30(41)23(7)45-26/h18-31,33,39-41H,14-17H2,1-13H3/t18-,19-,20+,21-,22+,23-,24+,25-,26+,27-,28+,29-,30+,31-,33+,34-,35-,36-,37+/m1/s1. The van der Waals surface area contributed by atoms with Crippen LogP contribution in [-0.2, 0) is 42.7 Å². The molecule has 0 unspecified atom stereocenters. The third-order valence-corrected chi connectivity index (χ3v) is 12.9. The van der Waals surface area contributed by atoms with Crippen molar-refractivity contribution in [2.75, 3.05) is 21.2 Å². The number of methoxy groups -OCH3 is 1. The summed E-state index contributed by atoms with van der Waals surface area (Å²) in [6, 6.07) is -0.218. The number of cyclic esters (lactones) is 1. The summed E-state index contributed by atoms with van der Waals surface area (Å²) in [4.78, 5) is 16.2. The second-order valence-corrected chi connectivity index (χ2v) is 16.9. The maximum atomic E-state index is 14.2. The molecule has 0 aromatic heterocycles. The van der Waals surface area contributed by atoms with Crippen LogP contribution in [-0.4, -0.2) is 137 Å². The monoisotopic (exact) mass is 715 g/mol. The normalized spacial score (nSPS) is 54.7. The molecule has 5 rings (SSSR count). The van der Waals surface area contributed by atoms with E-state index < -0.39 is 102 Å². The highest BCUT2D eigenvalue weighted by molar-refractivity contribution is 5.73. The number of hydrogen-bond acceptors (Lipinski definition) is 13. The van der Waals surface area contributed by atoms with Crippen LogP contribution in [0.15, 0.2) is 0 Å². The number of carbonyl (C=O) groups is 1. The number of rotatable bonds is 7. The Balaban J connectivity index is 1.62. The Labute approximate surface area is 298 Å². The fourth-order valence-corrected chi connectivity index (χ4v) is 9.81. The molecule has 5 aliphatic heterocycles. The highest BCUT2D eigenvalue weighted by Gasteiger charge is 2.71. The summed E-state index contributed by atoms with van der Waals surface area (Å²) in [5.74, 6) is -3.80. The smallest absolute Gasteiger partial charge is 0.311 e. The van der Waals surface area contributed by atoms with E-state index in [1.807, 2.05) is 60.5 Å². The van der Waals surface area contributed by atoms with Crippen molar-refractivity contribution in [3.63, 3.8) is 0 Å². The van der Waals surface area contributed by atoms with Crippen molar-refractivity contribution in [1.29, 1.82) is 0 Å². The number of aliphatic hydroxyl groups is 3. The topological polar surface area (TPSA) is 155 Å². The van der Waals surface area contributed by atoms with Gasteiger partial charge in [-0.05, 0) is 74.9 Å². The molecule has 0 aromatic carbocycles. The van der Waals surface area contributed by atoms with E-state index in [0.29, 0.717) is 19.3 Å². The lowest BCUT2D eigenvalue weighted by Gasteiger charge is -2.49. The van der Waals surface area contributed by atoms with Crippen LogP contribution in [0.3, 0.4) is 0 Å². The summed E-state index contributed by atoms with van der Waals surface area (Å²) in [6.45, 7) is 18.9. The van der Waals surface area contributed by atoms with Crippen LogP contribution in [0.4, 0.5) is 0 Å². The molecule has 5 fully saturated rings. The first-order chi connectivity index (χ1) is 23.2. The minimum absolute atomic E-state index is 0.194. The molecule has 5 heterocycles. The number of esters is 1. The molecule has 13 heteroatoms. The van der Waals surface area contributed by atoms with E-state index in [1.165, 1.54) is 0 Å². The Bertz CT molecular complexity index is 1210. The van der Waals surface area contributed by atoms with Crippen molar-refractivity contribution < 1.29 is 58.0 Å². The molecular weight excluding hydrogens is 650 g/mol. The predicted octanol–water partition coefficient (Wildman–Crippen LogP) is 2.99. The highest BCUT2D eigenvalue weighted by Crippen LogP contribution is 2.59. The zero-order valence-electron chi connectivity index (χ0n) is 32.5. The molecule has 3 N–H and O–H groups in total. The van der Waals surface area contributed by atoms with Gasteiger partial charge in [0.05, 0.1) is 47.6 Å². The number of ether oxygens (including phenoxy) is 8. The zero-order chi connectivity index (χ0) is 37.3. The van der Waals surface area contributed by atoms with Crippen LogP contribution in [0.2, 0.25) is 0 Å². The van der Waals surface area contributed by atoms with Gasteiger partial charge in [-0.15, -0.1) is 0 Å². The van der Waals surface area contributed by atoms with E-state index in [2.05, 4.69) is 6.92 Å². The van der Waals surface area contributed by atoms with Crippen LogP contribution < -0.4 is 0 Å². The van der Waals surface area contributed by atoms with Crippen molar-refractivity contribution in [3.05, 3.63) is 0 Å². The predicted molar refractivity (Wildman–Crippen MR) is 182 cm³/mol. The van der Waals surface area contributed by atoms with Crippen LogP contribution in [0.1, 0.15) is 94.9 Å². The van der Waals surface area contributed by atoms with Gasteiger partial charge in [-0.2, -0.15) is 0 Å². The molecule has 19 atom stereocenters. The van der Waals surface area contributed by atoms with Crippen LogP contribution in [0.25, 0.3) is 0 Å². The van der Waals surface area contributed by atoms with Crippen molar-refractivity contribution in [1.82, 2.24) is 4.90 Å². The molecule has 13 nitrogen and oxygen atoms in total. The summed E-state index contributed by atoms with van der Waals surface area (Å²) in [6.07, 6.45) is -6.22. The van der Waals surface area contributed by atoms with Gasteiger partial charge in [0.2, 0.25) is 0 Å². The van der Waals surface area contributed by atoms with E-state index in [-0.39, 0.29) is 24.5 Å². The molecule has 3 bridgehead atoms. The van der Waals surface area contributed by atoms with E-state index in [4.69, 9.17) is 37.9 Å². The summed E-state index contributed by atoms with van der Waals surface area (Å²) in [5.41, 5.74) is -3.25. The molecule has 0 aromatic rings. The van der Waals surface area contributed by atoms with Crippen LogP contribution >= 0.6 is 0 Å². The van der Waals surface area contributed by atoms with Gasteiger partial charge < -0.3 is 58.1 Å². The molecule has 50 heavy (non-hydrogen) atoms. The van der Waals surface area contributed by atoms with Gasteiger partial charge in [0, 0.05) is 37.3 Å². The Morgan fingerprint density at radius 2 is 1.58 bits per heavy atom. The molecule has 0 aliphatic carbocycles. The number of aliphatic hydroxyl groups excluding tert-OH is 3. The van der Waals surface area contributed by atoms with Crippen molar-refractivity contribution >= 4 is 5.97 Å². The van der Waals surface area contributed by atoms with Gasteiger partial charge in [-0.25, -0.2) is 0 Å². The minimum atomic E-state index is -1.25. The first kappa shape index (κ1) is 40.2. The molecule has 290 valence electrons. The molecule has 0 radical (unpaired) electrons. The number of fused-ring (bicyclic) bond motifs is 2. The molecule has 0 saturated carbocycles. The molecule has 1 spiro atoms. The number of nitrogens with zero attached hydrogens (tertiary/aromatic N) is 1.